The van der Waals surface area contributed by atoms with Crippen molar-refractivity contribution in [2.45, 2.75) is 44.2 Å². The van der Waals surface area contributed by atoms with Gasteiger partial charge in [0.2, 0.25) is 11.8 Å². The van der Waals surface area contributed by atoms with Gasteiger partial charge in [0.15, 0.2) is 11.6 Å². The summed E-state index contributed by atoms with van der Waals surface area (Å²) in [5.41, 5.74) is 0.556. The van der Waals surface area contributed by atoms with Gasteiger partial charge in [-0.2, -0.15) is 0 Å². The lowest BCUT2D eigenvalue weighted by atomic mass is 10.0. The van der Waals surface area contributed by atoms with Crippen molar-refractivity contribution in [1.29, 1.82) is 0 Å². The molecule has 2 aliphatic rings. The van der Waals surface area contributed by atoms with E-state index in [-0.39, 0.29) is 36.8 Å². The van der Waals surface area contributed by atoms with E-state index in [1.54, 1.807) is 9.80 Å². The molecule has 0 saturated carbocycles. The minimum Gasteiger partial charge on any atom is -0.393 e. The van der Waals surface area contributed by atoms with Crippen LogP contribution in [0, 0.1) is 11.6 Å². The van der Waals surface area contributed by atoms with E-state index in [0.717, 1.165) is 12.1 Å². The Labute approximate surface area is 163 Å². The Hall–Kier alpha value is -2.06. The molecule has 1 N–H and O–H groups in total. The average molecular weight is 396 g/mol. The van der Waals surface area contributed by atoms with Crippen molar-refractivity contribution in [2.24, 2.45) is 0 Å². The molecule has 6 nitrogen and oxygen atoms in total. The second-order valence-electron chi connectivity index (χ2n) is 7.38. The number of hydrogen-bond donors (Lipinski definition) is 1. The van der Waals surface area contributed by atoms with E-state index in [2.05, 4.69) is 0 Å². The van der Waals surface area contributed by atoms with Gasteiger partial charge in [0.1, 0.15) is 0 Å². The SMILES string of the molecule is O=C(C[C@@H]1COCCN1C(=O)CCc1ccc(F)c(F)c1)N1CCC(O)CC1. The van der Waals surface area contributed by atoms with Gasteiger partial charge in [0, 0.05) is 32.5 Å². The molecule has 8 heteroatoms. The molecule has 2 saturated heterocycles. The van der Waals surface area contributed by atoms with Gasteiger partial charge in [-0.25, -0.2) is 8.78 Å². The maximum atomic E-state index is 13.3. The fourth-order valence-corrected chi connectivity index (χ4v) is 3.69. The lowest BCUT2D eigenvalue weighted by molar-refractivity contribution is -0.144. The van der Waals surface area contributed by atoms with Crippen molar-refractivity contribution in [2.75, 3.05) is 32.8 Å². The van der Waals surface area contributed by atoms with Crippen LogP contribution in [0.1, 0.15) is 31.2 Å². The van der Waals surface area contributed by atoms with E-state index in [4.69, 9.17) is 4.74 Å². The van der Waals surface area contributed by atoms with Crippen LogP contribution in [0.15, 0.2) is 18.2 Å². The summed E-state index contributed by atoms with van der Waals surface area (Å²) in [6, 6.07) is 3.30. The molecular weight excluding hydrogens is 370 g/mol. The fourth-order valence-electron chi connectivity index (χ4n) is 3.69. The summed E-state index contributed by atoms with van der Waals surface area (Å²) in [6.45, 7) is 2.18. The van der Waals surface area contributed by atoms with Gasteiger partial charge in [-0.15, -0.1) is 0 Å². The molecule has 0 bridgehead atoms. The number of piperidine rings is 1. The van der Waals surface area contributed by atoms with Crippen molar-refractivity contribution in [3.63, 3.8) is 0 Å². The van der Waals surface area contributed by atoms with Crippen molar-refractivity contribution < 1.29 is 28.2 Å². The third-order valence-corrected chi connectivity index (χ3v) is 5.39. The summed E-state index contributed by atoms with van der Waals surface area (Å²) in [5, 5.41) is 9.58. The minimum atomic E-state index is -0.925. The highest BCUT2D eigenvalue weighted by Crippen LogP contribution is 2.18. The van der Waals surface area contributed by atoms with Crippen LogP contribution in [0.3, 0.4) is 0 Å². The predicted molar refractivity (Wildman–Crippen MR) is 97.4 cm³/mol. The number of ether oxygens (including phenoxy) is 1. The molecule has 0 spiro atoms. The first kappa shape index (κ1) is 20.7. The molecule has 1 atom stereocenters. The third-order valence-electron chi connectivity index (χ3n) is 5.39. The molecule has 2 amide bonds. The molecule has 2 aliphatic heterocycles. The van der Waals surface area contributed by atoms with Crippen LogP contribution in [0.5, 0.6) is 0 Å². The first-order valence-electron chi connectivity index (χ1n) is 9.71. The van der Waals surface area contributed by atoms with E-state index in [1.807, 2.05) is 0 Å². The second kappa shape index (κ2) is 9.43. The molecule has 1 aromatic rings. The van der Waals surface area contributed by atoms with E-state index < -0.39 is 11.6 Å². The zero-order valence-corrected chi connectivity index (χ0v) is 15.8. The van der Waals surface area contributed by atoms with Crippen LogP contribution in [0.2, 0.25) is 0 Å². The number of aliphatic hydroxyl groups is 1. The summed E-state index contributed by atoms with van der Waals surface area (Å²) in [4.78, 5) is 28.6. The van der Waals surface area contributed by atoms with Crippen LogP contribution in [0.4, 0.5) is 8.78 Å². The summed E-state index contributed by atoms with van der Waals surface area (Å²) >= 11 is 0. The number of hydrogen-bond acceptors (Lipinski definition) is 4. The molecular formula is C20H26F2N2O4. The van der Waals surface area contributed by atoms with Crippen LogP contribution in [-0.2, 0) is 20.7 Å². The van der Waals surface area contributed by atoms with Crippen LogP contribution in [0.25, 0.3) is 0 Å². The lowest BCUT2D eigenvalue weighted by Crippen LogP contribution is -2.51. The quantitative estimate of drug-likeness (QED) is 0.819. The standard InChI is InChI=1S/C20H26F2N2O4/c21-17-3-1-14(11-18(17)22)2-4-19(26)24-9-10-28-13-15(24)12-20(27)23-7-5-16(25)6-8-23/h1,3,11,15-16,25H,2,4-10,12-13H2/t15-/m1/s1. The summed E-state index contributed by atoms with van der Waals surface area (Å²) in [6.07, 6.45) is 1.45. The monoisotopic (exact) mass is 396 g/mol. The van der Waals surface area contributed by atoms with Crippen LogP contribution in [-0.4, -0.2) is 71.7 Å². The molecule has 154 valence electrons. The number of amides is 2. The number of benzene rings is 1. The third kappa shape index (κ3) is 5.26. The van der Waals surface area contributed by atoms with E-state index in [0.29, 0.717) is 57.7 Å². The predicted octanol–water partition coefficient (Wildman–Crippen LogP) is 1.50. The van der Waals surface area contributed by atoms with Gasteiger partial charge in [-0.05, 0) is 37.0 Å². The van der Waals surface area contributed by atoms with Crippen LogP contribution < -0.4 is 0 Å². The summed E-state index contributed by atoms with van der Waals surface area (Å²) in [7, 11) is 0. The molecule has 2 heterocycles. The summed E-state index contributed by atoms with van der Waals surface area (Å²) < 4.78 is 31.8. The Morgan fingerprint density at radius 2 is 1.86 bits per heavy atom. The Balaban J connectivity index is 1.55. The number of morpholine rings is 1. The largest absolute Gasteiger partial charge is 0.393 e. The molecule has 1 aromatic carbocycles. The highest BCUT2D eigenvalue weighted by molar-refractivity contribution is 5.80. The average Bonchev–Trinajstić information content (AvgIpc) is 2.69. The zero-order chi connectivity index (χ0) is 20.1. The van der Waals surface area contributed by atoms with Gasteiger partial charge < -0.3 is 19.6 Å². The number of halogens is 2. The molecule has 3 rings (SSSR count). The molecule has 28 heavy (non-hydrogen) atoms. The number of carbonyl (C=O) groups excluding carboxylic acids is 2. The molecule has 0 aliphatic carbocycles. The molecule has 0 unspecified atom stereocenters. The molecule has 2 fully saturated rings. The fraction of sp³-hybridized carbons (Fsp3) is 0.600. The van der Waals surface area contributed by atoms with Gasteiger partial charge in [0.25, 0.3) is 0 Å². The van der Waals surface area contributed by atoms with Crippen molar-refractivity contribution >= 4 is 11.8 Å². The second-order valence-corrected chi connectivity index (χ2v) is 7.38. The van der Waals surface area contributed by atoms with E-state index in [9.17, 15) is 23.5 Å². The van der Waals surface area contributed by atoms with E-state index in [1.165, 1.54) is 6.07 Å². The zero-order valence-electron chi connectivity index (χ0n) is 15.8. The Kier molecular flexibility index (Phi) is 6.96. The van der Waals surface area contributed by atoms with E-state index >= 15 is 0 Å². The van der Waals surface area contributed by atoms with Gasteiger partial charge in [0.05, 0.1) is 25.4 Å². The maximum Gasteiger partial charge on any atom is 0.224 e. The number of nitrogens with zero attached hydrogens (tertiary/aromatic N) is 2. The van der Waals surface area contributed by atoms with Crippen molar-refractivity contribution in [3.8, 4) is 0 Å². The number of aliphatic hydroxyl groups excluding tert-OH is 1. The minimum absolute atomic E-state index is 0.0409. The first-order chi connectivity index (χ1) is 13.4. The number of rotatable bonds is 5. The van der Waals surface area contributed by atoms with Gasteiger partial charge in [-0.3, -0.25) is 9.59 Å². The Morgan fingerprint density at radius 1 is 1.11 bits per heavy atom. The normalized spacial score (nSPS) is 21.0. The van der Waals surface area contributed by atoms with Gasteiger partial charge in [-0.1, -0.05) is 6.07 Å². The topological polar surface area (TPSA) is 70.1 Å². The molecule has 0 aromatic heterocycles. The summed E-state index contributed by atoms with van der Waals surface area (Å²) in [5.74, 6) is -2.00. The first-order valence-corrected chi connectivity index (χ1v) is 9.71. The number of carbonyl (C=O) groups is 2. The Morgan fingerprint density at radius 3 is 2.57 bits per heavy atom. The maximum absolute atomic E-state index is 13.3. The highest BCUT2D eigenvalue weighted by Gasteiger charge is 2.31. The molecule has 0 radical (unpaired) electrons. The highest BCUT2D eigenvalue weighted by atomic mass is 19.2. The number of likely N-dealkylation sites (tertiary alicyclic amines) is 1. The lowest BCUT2D eigenvalue weighted by Gasteiger charge is -2.37. The van der Waals surface area contributed by atoms with Crippen molar-refractivity contribution in [1.82, 2.24) is 9.80 Å². The smallest absolute Gasteiger partial charge is 0.224 e. The van der Waals surface area contributed by atoms with Crippen LogP contribution >= 0.6 is 0 Å². The van der Waals surface area contributed by atoms with Crippen molar-refractivity contribution in [3.05, 3.63) is 35.4 Å². The Bertz CT molecular complexity index is 707. The van der Waals surface area contributed by atoms with Gasteiger partial charge >= 0.3 is 0 Å². The number of aryl methyl sites for hydroxylation is 1.